The Balaban J connectivity index is 1.58. The number of piperidine rings is 1. The highest BCUT2D eigenvalue weighted by atomic mass is 32.2. The normalized spacial score (nSPS) is 14.8. The van der Waals surface area contributed by atoms with Crippen LogP contribution in [0.3, 0.4) is 0 Å². The molecule has 1 saturated heterocycles. The highest BCUT2D eigenvalue weighted by Gasteiger charge is 2.26. The van der Waals surface area contributed by atoms with Gasteiger partial charge in [0.15, 0.2) is 0 Å². The van der Waals surface area contributed by atoms with Gasteiger partial charge in [0.05, 0.1) is 21.8 Å². The summed E-state index contributed by atoms with van der Waals surface area (Å²) in [5, 5.41) is 2.88. The van der Waals surface area contributed by atoms with Crippen LogP contribution in [0.5, 0.6) is 0 Å². The first kappa shape index (κ1) is 22.2. The fraction of sp³-hybridized carbons (Fsp3) is 0.280. The minimum absolute atomic E-state index is 0.203. The number of nitrogens with zero attached hydrogens (tertiary/aromatic N) is 2. The number of benzene rings is 2. The van der Waals surface area contributed by atoms with Gasteiger partial charge < -0.3 is 5.32 Å². The topological polar surface area (TPSA) is 79.4 Å². The first-order valence-corrected chi connectivity index (χ1v) is 12.3. The molecule has 1 N–H and O–H groups in total. The maximum absolute atomic E-state index is 13.0. The number of carbonyl (C=O) groups is 1. The third-order valence-corrected chi connectivity index (χ3v) is 7.70. The third-order valence-electron chi connectivity index (χ3n) is 5.81. The number of nitrogens with one attached hydrogen (secondary N) is 1. The van der Waals surface area contributed by atoms with E-state index in [0.717, 1.165) is 36.1 Å². The molecule has 6 nitrogen and oxygen atoms in total. The molecular formula is C25H27N3O3S. The van der Waals surface area contributed by atoms with E-state index in [2.05, 4.69) is 10.3 Å². The van der Waals surface area contributed by atoms with E-state index in [0.29, 0.717) is 30.0 Å². The molecule has 2 aromatic carbocycles. The first-order valence-electron chi connectivity index (χ1n) is 10.8. The molecule has 1 fully saturated rings. The number of anilines is 1. The van der Waals surface area contributed by atoms with Crippen molar-refractivity contribution in [1.29, 1.82) is 0 Å². The smallest absolute Gasteiger partial charge is 0.257 e. The van der Waals surface area contributed by atoms with Crippen LogP contribution in [-0.4, -0.2) is 36.7 Å². The van der Waals surface area contributed by atoms with E-state index in [1.807, 2.05) is 43.3 Å². The monoisotopic (exact) mass is 449 g/mol. The van der Waals surface area contributed by atoms with E-state index in [1.165, 1.54) is 4.31 Å². The lowest BCUT2D eigenvalue weighted by Gasteiger charge is -2.26. The Bertz CT molecular complexity index is 1230. The van der Waals surface area contributed by atoms with E-state index < -0.39 is 10.0 Å². The van der Waals surface area contributed by atoms with Gasteiger partial charge in [-0.25, -0.2) is 8.42 Å². The Kier molecular flexibility index (Phi) is 6.39. The molecule has 0 unspecified atom stereocenters. The van der Waals surface area contributed by atoms with Crippen molar-refractivity contribution in [2.45, 2.75) is 38.0 Å². The molecule has 0 saturated carbocycles. The first-order chi connectivity index (χ1) is 15.4. The van der Waals surface area contributed by atoms with Crippen LogP contribution < -0.4 is 5.32 Å². The summed E-state index contributed by atoms with van der Waals surface area (Å²) in [5.74, 6) is -0.315. The summed E-state index contributed by atoms with van der Waals surface area (Å²) in [7, 11) is -3.58. The second-order valence-corrected chi connectivity index (χ2v) is 10.0. The number of rotatable bonds is 5. The second kappa shape index (κ2) is 9.22. The lowest BCUT2D eigenvalue weighted by Crippen LogP contribution is -2.35. The zero-order chi connectivity index (χ0) is 22.7. The van der Waals surface area contributed by atoms with Gasteiger partial charge in [0.2, 0.25) is 10.0 Å². The minimum Gasteiger partial charge on any atom is -0.322 e. The Labute approximate surface area is 189 Å². The van der Waals surface area contributed by atoms with Crippen LogP contribution in [0.15, 0.2) is 65.6 Å². The summed E-state index contributed by atoms with van der Waals surface area (Å²) in [6.07, 6.45) is 2.80. The van der Waals surface area contributed by atoms with Gasteiger partial charge in [-0.1, -0.05) is 42.8 Å². The van der Waals surface area contributed by atoms with Crippen molar-refractivity contribution in [2.75, 3.05) is 18.4 Å². The number of aromatic nitrogens is 1. The Hall–Kier alpha value is -3.03. The SMILES string of the molecule is Cc1ccc(S(=O)(=O)N2CCCCC2)cc1NC(=O)c1ccc(-c2ccccc2)nc1C. The fourth-order valence-corrected chi connectivity index (χ4v) is 5.45. The largest absolute Gasteiger partial charge is 0.322 e. The van der Waals surface area contributed by atoms with Crippen molar-refractivity contribution in [2.24, 2.45) is 0 Å². The van der Waals surface area contributed by atoms with Gasteiger partial charge in [-0.2, -0.15) is 4.31 Å². The van der Waals surface area contributed by atoms with Crippen molar-refractivity contribution < 1.29 is 13.2 Å². The predicted molar refractivity (Wildman–Crippen MR) is 126 cm³/mol. The molecule has 166 valence electrons. The van der Waals surface area contributed by atoms with Gasteiger partial charge in [0.25, 0.3) is 5.91 Å². The van der Waals surface area contributed by atoms with Crippen LogP contribution in [0, 0.1) is 13.8 Å². The third kappa shape index (κ3) is 4.59. The highest BCUT2D eigenvalue weighted by molar-refractivity contribution is 7.89. The number of sulfonamides is 1. The van der Waals surface area contributed by atoms with Crippen molar-refractivity contribution >= 4 is 21.6 Å². The van der Waals surface area contributed by atoms with Gasteiger partial charge in [-0.15, -0.1) is 0 Å². The van der Waals surface area contributed by atoms with E-state index >= 15 is 0 Å². The average molecular weight is 450 g/mol. The molecule has 32 heavy (non-hydrogen) atoms. The summed E-state index contributed by atoms with van der Waals surface area (Å²) in [6.45, 7) is 4.72. The van der Waals surface area contributed by atoms with E-state index in [-0.39, 0.29) is 10.8 Å². The average Bonchev–Trinajstić information content (AvgIpc) is 2.81. The number of amides is 1. The molecule has 1 aromatic heterocycles. The summed E-state index contributed by atoms with van der Waals surface area (Å²) in [5.41, 5.74) is 4.12. The molecule has 0 atom stereocenters. The van der Waals surface area contributed by atoms with Crippen LogP contribution in [0.2, 0.25) is 0 Å². The Morgan fingerprint density at radius 3 is 2.34 bits per heavy atom. The number of carbonyl (C=O) groups excluding carboxylic acids is 1. The standard InChI is InChI=1S/C25H27N3O3S/c1-18-11-12-21(32(30,31)28-15-7-4-8-16-28)17-24(18)27-25(29)22-13-14-23(26-19(22)2)20-9-5-3-6-10-20/h3,5-6,9-14,17H,4,7-8,15-16H2,1-2H3,(H,27,29). The van der Waals surface area contributed by atoms with Crippen molar-refractivity contribution in [3.63, 3.8) is 0 Å². The van der Waals surface area contributed by atoms with Gasteiger partial charge in [-0.05, 0) is 56.5 Å². The molecule has 0 radical (unpaired) electrons. The molecule has 1 amide bonds. The molecule has 0 bridgehead atoms. The number of hydrogen-bond acceptors (Lipinski definition) is 4. The highest BCUT2D eigenvalue weighted by Crippen LogP contribution is 2.26. The zero-order valence-corrected chi connectivity index (χ0v) is 19.2. The number of hydrogen-bond donors (Lipinski definition) is 1. The van der Waals surface area contributed by atoms with Gasteiger partial charge in [-0.3, -0.25) is 9.78 Å². The molecule has 3 aromatic rings. The maximum Gasteiger partial charge on any atom is 0.257 e. The Morgan fingerprint density at radius 1 is 0.938 bits per heavy atom. The minimum atomic E-state index is -3.58. The van der Waals surface area contributed by atoms with Crippen LogP contribution >= 0.6 is 0 Å². The molecule has 2 heterocycles. The van der Waals surface area contributed by atoms with Gasteiger partial charge >= 0.3 is 0 Å². The van der Waals surface area contributed by atoms with E-state index in [4.69, 9.17) is 0 Å². The van der Waals surface area contributed by atoms with Crippen molar-refractivity contribution in [1.82, 2.24) is 9.29 Å². The predicted octanol–water partition coefficient (Wildman–Crippen LogP) is 4.79. The summed E-state index contributed by atoms with van der Waals surface area (Å²) in [4.78, 5) is 17.8. The molecule has 4 rings (SSSR count). The van der Waals surface area contributed by atoms with Gasteiger partial charge in [0.1, 0.15) is 0 Å². The van der Waals surface area contributed by atoms with E-state index in [9.17, 15) is 13.2 Å². The molecule has 0 aliphatic carbocycles. The quantitative estimate of drug-likeness (QED) is 0.607. The number of pyridine rings is 1. The summed E-state index contributed by atoms with van der Waals surface area (Å²) in [6, 6.07) is 18.2. The Morgan fingerprint density at radius 2 is 1.66 bits per heavy atom. The molecule has 1 aliphatic rings. The molecular weight excluding hydrogens is 422 g/mol. The van der Waals surface area contributed by atoms with E-state index in [1.54, 1.807) is 31.2 Å². The second-order valence-electron chi connectivity index (χ2n) is 8.09. The summed E-state index contributed by atoms with van der Waals surface area (Å²) >= 11 is 0. The van der Waals surface area contributed by atoms with Gasteiger partial charge in [0, 0.05) is 24.3 Å². The lowest BCUT2D eigenvalue weighted by atomic mass is 10.1. The van der Waals surface area contributed by atoms with Crippen molar-refractivity contribution in [3.8, 4) is 11.3 Å². The van der Waals surface area contributed by atoms with Crippen LogP contribution in [-0.2, 0) is 10.0 Å². The van der Waals surface area contributed by atoms with Crippen LogP contribution in [0.1, 0.15) is 40.9 Å². The molecule has 7 heteroatoms. The van der Waals surface area contributed by atoms with Crippen LogP contribution in [0.25, 0.3) is 11.3 Å². The lowest BCUT2D eigenvalue weighted by molar-refractivity contribution is 0.102. The molecule has 0 spiro atoms. The van der Waals surface area contributed by atoms with Crippen molar-refractivity contribution in [3.05, 3.63) is 77.5 Å². The maximum atomic E-state index is 13.0. The number of aryl methyl sites for hydroxylation is 2. The van der Waals surface area contributed by atoms with Crippen LogP contribution in [0.4, 0.5) is 5.69 Å². The molecule has 1 aliphatic heterocycles. The summed E-state index contributed by atoms with van der Waals surface area (Å²) < 4.78 is 27.6. The zero-order valence-electron chi connectivity index (χ0n) is 18.3. The fourth-order valence-electron chi connectivity index (χ4n) is 3.91.